The zero-order valence-corrected chi connectivity index (χ0v) is 15.8. The highest BCUT2D eigenvalue weighted by atomic mass is 15.3. The number of pyridine rings is 2. The van der Waals surface area contributed by atoms with Crippen molar-refractivity contribution in [1.82, 2.24) is 19.7 Å². The fourth-order valence-electron chi connectivity index (χ4n) is 3.19. The van der Waals surface area contributed by atoms with Gasteiger partial charge in [-0.05, 0) is 29.3 Å². The molecular formula is C21H22N8. The molecule has 1 aromatic carbocycles. The molecule has 0 atom stereocenters. The molecule has 146 valence electrons. The molecule has 0 amide bonds. The van der Waals surface area contributed by atoms with Crippen molar-refractivity contribution in [2.45, 2.75) is 13.0 Å². The number of hydrazine groups is 1. The number of nitrogens with two attached hydrogens (primary N) is 3. The van der Waals surface area contributed by atoms with E-state index in [1.165, 1.54) is 0 Å². The van der Waals surface area contributed by atoms with Gasteiger partial charge in [0.1, 0.15) is 5.82 Å². The first-order valence-corrected chi connectivity index (χ1v) is 9.16. The van der Waals surface area contributed by atoms with Crippen LogP contribution in [0.15, 0.2) is 67.0 Å². The zero-order valence-electron chi connectivity index (χ0n) is 15.8. The van der Waals surface area contributed by atoms with E-state index in [2.05, 4.69) is 15.5 Å². The molecule has 0 fully saturated rings. The Labute approximate surface area is 168 Å². The van der Waals surface area contributed by atoms with Crippen molar-refractivity contribution in [3.05, 3.63) is 83.8 Å². The Morgan fingerprint density at radius 3 is 2.59 bits per heavy atom. The van der Waals surface area contributed by atoms with E-state index in [0.717, 1.165) is 28.1 Å². The van der Waals surface area contributed by atoms with Gasteiger partial charge in [0.2, 0.25) is 0 Å². The van der Waals surface area contributed by atoms with Gasteiger partial charge >= 0.3 is 0 Å². The highest BCUT2D eigenvalue weighted by Gasteiger charge is 2.10. The maximum absolute atomic E-state index is 6.12. The van der Waals surface area contributed by atoms with E-state index >= 15 is 0 Å². The first-order chi connectivity index (χ1) is 14.1. The Balaban J connectivity index is 1.52. The third-order valence-corrected chi connectivity index (χ3v) is 4.58. The van der Waals surface area contributed by atoms with Gasteiger partial charge in [-0.2, -0.15) is 5.10 Å². The highest BCUT2D eigenvalue weighted by molar-refractivity contribution is 5.68. The number of rotatable bonds is 6. The number of hydrogen-bond acceptors (Lipinski definition) is 7. The van der Waals surface area contributed by atoms with Crippen LogP contribution in [0.5, 0.6) is 0 Å². The third-order valence-electron chi connectivity index (χ3n) is 4.58. The molecule has 7 N–H and O–H groups in total. The van der Waals surface area contributed by atoms with Crippen LogP contribution in [0.25, 0.3) is 11.3 Å². The molecule has 0 radical (unpaired) electrons. The van der Waals surface area contributed by atoms with Gasteiger partial charge in [-0.3, -0.25) is 9.67 Å². The first kappa shape index (κ1) is 18.5. The average Bonchev–Trinajstić information content (AvgIpc) is 3.18. The van der Waals surface area contributed by atoms with Gasteiger partial charge in [-0.15, -0.1) is 0 Å². The van der Waals surface area contributed by atoms with Crippen molar-refractivity contribution in [2.24, 2.45) is 5.84 Å². The third kappa shape index (κ3) is 4.17. The van der Waals surface area contributed by atoms with E-state index in [0.29, 0.717) is 30.3 Å². The van der Waals surface area contributed by atoms with Crippen LogP contribution in [0.3, 0.4) is 0 Å². The summed E-state index contributed by atoms with van der Waals surface area (Å²) in [5.41, 5.74) is 19.7. The maximum atomic E-state index is 6.12. The normalized spacial score (nSPS) is 10.8. The number of benzene rings is 1. The second kappa shape index (κ2) is 7.99. The van der Waals surface area contributed by atoms with E-state index in [9.17, 15) is 0 Å². The van der Waals surface area contributed by atoms with Crippen LogP contribution in [-0.4, -0.2) is 19.7 Å². The van der Waals surface area contributed by atoms with Gasteiger partial charge in [0, 0.05) is 18.2 Å². The molecule has 4 rings (SSSR count). The minimum absolute atomic E-state index is 0.358. The summed E-state index contributed by atoms with van der Waals surface area (Å²) >= 11 is 0. The van der Waals surface area contributed by atoms with Crippen LogP contribution in [-0.2, 0) is 13.0 Å². The minimum Gasteiger partial charge on any atom is -0.395 e. The highest BCUT2D eigenvalue weighted by Crippen LogP contribution is 2.25. The summed E-state index contributed by atoms with van der Waals surface area (Å²) in [6.45, 7) is 0.574. The Kier molecular flexibility index (Phi) is 5.08. The van der Waals surface area contributed by atoms with Crippen molar-refractivity contribution in [3.8, 4) is 11.3 Å². The van der Waals surface area contributed by atoms with Gasteiger partial charge < -0.3 is 16.9 Å². The van der Waals surface area contributed by atoms with Crippen molar-refractivity contribution in [2.75, 3.05) is 16.9 Å². The number of nitrogens with zero attached hydrogens (tertiary/aromatic N) is 4. The van der Waals surface area contributed by atoms with Crippen LogP contribution >= 0.6 is 0 Å². The largest absolute Gasteiger partial charge is 0.395 e. The zero-order chi connectivity index (χ0) is 20.2. The molecular weight excluding hydrogens is 364 g/mol. The number of aromatic nitrogens is 4. The van der Waals surface area contributed by atoms with Crippen molar-refractivity contribution in [3.63, 3.8) is 0 Å². The molecule has 8 nitrogen and oxygen atoms in total. The lowest BCUT2D eigenvalue weighted by molar-refractivity contribution is 0.673. The van der Waals surface area contributed by atoms with Crippen molar-refractivity contribution >= 4 is 17.3 Å². The summed E-state index contributed by atoms with van der Waals surface area (Å²) in [6.07, 6.45) is 4.36. The second-order valence-electron chi connectivity index (χ2n) is 6.72. The smallest absolute Gasteiger partial charge is 0.165 e. The van der Waals surface area contributed by atoms with E-state index in [1.807, 2.05) is 65.6 Å². The predicted octanol–water partition coefficient (Wildman–Crippen LogP) is 2.43. The molecule has 0 unspecified atom stereocenters. The van der Waals surface area contributed by atoms with Crippen molar-refractivity contribution < 1.29 is 0 Å². The number of nitrogen functional groups attached to an aromatic ring is 3. The Morgan fingerprint density at radius 1 is 0.966 bits per heavy atom. The molecule has 0 aliphatic heterocycles. The molecule has 0 aliphatic rings. The molecule has 29 heavy (non-hydrogen) atoms. The molecule has 8 heteroatoms. The lowest BCUT2D eigenvalue weighted by atomic mass is 10.1. The van der Waals surface area contributed by atoms with Crippen LogP contribution in [0.2, 0.25) is 0 Å². The van der Waals surface area contributed by atoms with Crippen molar-refractivity contribution in [1.29, 1.82) is 0 Å². The fraction of sp³-hybridized carbons (Fsp3) is 0.0952. The summed E-state index contributed by atoms with van der Waals surface area (Å²) < 4.78 is 1.86. The van der Waals surface area contributed by atoms with Crippen LogP contribution in [0, 0.1) is 0 Å². The van der Waals surface area contributed by atoms with Gasteiger partial charge in [-0.1, -0.05) is 36.4 Å². The lowest BCUT2D eigenvalue weighted by Crippen LogP contribution is -2.13. The van der Waals surface area contributed by atoms with Gasteiger partial charge in [0.15, 0.2) is 5.82 Å². The van der Waals surface area contributed by atoms with Crippen LogP contribution < -0.4 is 22.7 Å². The summed E-state index contributed by atoms with van der Waals surface area (Å²) in [5, 5.41) is 4.45. The average molecular weight is 386 g/mol. The standard InChI is InChI=1S/C21H22N8/c22-19-10-16(20(23)21(27-19)28-24)9-14-11-25-29(12-14)13-17-7-4-8-18(26-17)15-5-2-1-3-6-15/h1-8,10-12H,9,13,23-24H2,(H3,22,27,28). The van der Waals surface area contributed by atoms with E-state index in [4.69, 9.17) is 22.3 Å². The SMILES string of the molecule is NNc1nc(N)cc(Cc2cnn(Cc3cccc(-c4ccccc4)n3)c2)c1N. The summed E-state index contributed by atoms with van der Waals surface area (Å²) in [5.74, 6) is 6.18. The van der Waals surface area contributed by atoms with Crippen LogP contribution in [0.4, 0.5) is 17.3 Å². The molecule has 3 heterocycles. The first-order valence-electron chi connectivity index (χ1n) is 9.16. The number of anilines is 3. The van der Waals surface area contributed by atoms with Gasteiger partial charge in [0.05, 0.1) is 29.8 Å². The fourth-order valence-corrected chi connectivity index (χ4v) is 3.19. The van der Waals surface area contributed by atoms with E-state index < -0.39 is 0 Å². The van der Waals surface area contributed by atoms with E-state index in [-0.39, 0.29) is 0 Å². The van der Waals surface area contributed by atoms with E-state index in [1.54, 1.807) is 6.07 Å². The Bertz CT molecular complexity index is 1120. The summed E-state index contributed by atoms with van der Waals surface area (Å²) in [6, 6.07) is 17.9. The maximum Gasteiger partial charge on any atom is 0.165 e. The summed E-state index contributed by atoms with van der Waals surface area (Å²) in [4.78, 5) is 8.83. The number of nitrogens with one attached hydrogen (secondary N) is 1. The Hall–Kier alpha value is -3.91. The molecule has 0 spiro atoms. The monoisotopic (exact) mass is 386 g/mol. The summed E-state index contributed by atoms with van der Waals surface area (Å²) in [7, 11) is 0. The quantitative estimate of drug-likeness (QED) is 0.295. The molecule has 0 saturated carbocycles. The van der Waals surface area contributed by atoms with Crippen LogP contribution in [0.1, 0.15) is 16.8 Å². The topological polar surface area (TPSA) is 134 Å². The molecule has 3 aromatic heterocycles. The van der Waals surface area contributed by atoms with Gasteiger partial charge in [-0.25, -0.2) is 10.8 Å². The molecule has 0 saturated heterocycles. The Morgan fingerprint density at radius 2 is 1.79 bits per heavy atom. The lowest BCUT2D eigenvalue weighted by Gasteiger charge is -2.10. The molecule has 0 aliphatic carbocycles. The minimum atomic E-state index is 0.358. The molecule has 4 aromatic rings. The predicted molar refractivity (Wildman–Crippen MR) is 115 cm³/mol. The van der Waals surface area contributed by atoms with Gasteiger partial charge in [0.25, 0.3) is 0 Å². The number of hydrogen-bond donors (Lipinski definition) is 4. The molecule has 0 bridgehead atoms. The second-order valence-corrected chi connectivity index (χ2v) is 6.72.